The number of oxazole rings is 1. The molecular formula is C19H24N2O4. The fourth-order valence-electron chi connectivity index (χ4n) is 2.53. The molecule has 0 aliphatic heterocycles. The molecule has 0 aliphatic rings. The zero-order chi connectivity index (χ0) is 18.1. The molecule has 0 saturated heterocycles. The van der Waals surface area contributed by atoms with Crippen LogP contribution in [0.5, 0.6) is 0 Å². The van der Waals surface area contributed by atoms with E-state index in [1.54, 1.807) is 6.92 Å². The van der Waals surface area contributed by atoms with Gasteiger partial charge in [0.05, 0.1) is 0 Å². The number of carbonyl (C=O) groups is 2. The summed E-state index contributed by atoms with van der Waals surface area (Å²) in [7, 11) is 0. The lowest BCUT2D eigenvalue weighted by molar-refractivity contribution is -0.137. The summed E-state index contributed by atoms with van der Waals surface area (Å²) >= 11 is 0. The highest BCUT2D eigenvalue weighted by molar-refractivity contribution is 5.93. The molecule has 2 N–H and O–H groups in total. The quantitative estimate of drug-likeness (QED) is 0.639. The first-order valence-electron chi connectivity index (χ1n) is 8.61. The molecule has 6 heteroatoms. The molecule has 6 nitrogen and oxygen atoms in total. The van der Waals surface area contributed by atoms with Crippen LogP contribution in [0.25, 0.3) is 11.5 Å². The van der Waals surface area contributed by atoms with Crippen molar-refractivity contribution in [3.8, 4) is 11.5 Å². The van der Waals surface area contributed by atoms with Crippen molar-refractivity contribution in [3.63, 3.8) is 0 Å². The summed E-state index contributed by atoms with van der Waals surface area (Å²) in [6.07, 6.45) is 4.65. The average Bonchev–Trinajstić information content (AvgIpc) is 2.99. The molecule has 1 aromatic heterocycles. The van der Waals surface area contributed by atoms with Gasteiger partial charge >= 0.3 is 5.97 Å². The fourth-order valence-corrected chi connectivity index (χ4v) is 2.53. The maximum atomic E-state index is 12.2. The van der Waals surface area contributed by atoms with Crippen LogP contribution in [-0.4, -0.2) is 28.5 Å². The molecule has 0 fully saturated rings. The number of hydrogen-bond acceptors (Lipinski definition) is 4. The van der Waals surface area contributed by atoms with E-state index in [4.69, 9.17) is 9.52 Å². The summed E-state index contributed by atoms with van der Waals surface area (Å²) in [5.74, 6) is -0.0221. The first kappa shape index (κ1) is 18.7. The van der Waals surface area contributed by atoms with Gasteiger partial charge in [0.1, 0.15) is 5.76 Å². The normalized spacial score (nSPS) is 10.6. The Labute approximate surface area is 147 Å². The summed E-state index contributed by atoms with van der Waals surface area (Å²) in [5.41, 5.74) is 1.16. The lowest BCUT2D eigenvalue weighted by atomic mass is 10.1. The molecule has 0 aliphatic carbocycles. The van der Waals surface area contributed by atoms with E-state index in [0.717, 1.165) is 31.2 Å². The van der Waals surface area contributed by atoms with Crippen molar-refractivity contribution in [1.29, 1.82) is 0 Å². The number of carboxylic acid groups (broad SMARTS) is 1. The summed E-state index contributed by atoms with van der Waals surface area (Å²) in [4.78, 5) is 26.9. The van der Waals surface area contributed by atoms with Crippen LogP contribution < -0.4 is 5.32 Å². The van der Waals surface area contributed by atoms with Gasteiger partial charge in [-0.25, -0.2) is 4.98 Å². The van der Waals surface area contributed by atoms with Gasteiger partial charge in [0.25, 0.3) is 5.91 Å². The Balaban J connectivity index is 1.73. The summed E-state index contributed by atoms with van der Waals surface area (Å²) in [5, 5.41) is 11.4. The predicted octanol–water partition coefficient (Wildman–Crippen LogP) is 3.81. The Morgan fingerprint density at radius 2 is 1.76 bits per heavy atom. The van der Waals surface area contributed by atoms with E-state index in [0.29, 0.717) is 30.3 Å². The number of aryl methyl sites for hydroxylation is 1. The fraction of sp³-hybridized carbons (Fsp3) is 0.421. The maximum absolute atomic E-state index is 12.2. The zero-order valence-corrected chi connectivity index (χ0v) is 14.5. The Morgan fingerprint density at radius 3 is 2.48 bits per heavy atom. The molecule has 1 amide bonds. The standard InChI is InChI=1S/C19H24N2O4/c1-14-17(21-19(25-14)15-10-6-5-7-11-15)18(24)20-13-9-4-2-3-8-12-16(22)23/h5-7,10-11H,2-4,8-9,12-13H2,1H3,(H,20,24)(H,22,23). The van der Waals surface area contributed by atoms with E-state index in [1.807, 2.05) is 30.3 Å². The maximum Gasteiger partial charge on any atom is 0.303 e. The molecule has 0 spiro atoms. The minimum absolute atomic E-state index is 0.227. The Morgan fingerprint density at radius 1 is 1.08 bits per heavy atom. The van der Waals surface area contributed by atoms with Crippen molar-refractivity contribution >= 4 is 11.9 Å². The van der Waals surface area contributed by atoms with Crippen molar-refractivity contribution in [2.24, 2.45) is 0 Å². The smallest absolute Gasteiger partial charge is 0.303 e. The second-order valence-electron chi connectivity index (χ2n) is 5.96. The van der Waals surface area contributed by atoms with Crippen LogP contribution in [-0.2, 0) is 4.79 Å². The summed E-state index contributed by atoms with van der Waals surface area (Å²) in [6, 6.07) is 9.47. The van der Waals surface area contributed by atoms with Crippen molar-refractivity contribution in [1.82, 2.24) is 10.3 Å². The predicted molar refractivity (Wildman–Crippen MR) is 94.3 cm³/mol. The summed E-state index contributed by atoms with van der Waals surface area (Å²) in [6.45, 7) is 2.31. The molecule has 25 heavy (non-hydrogen) atoms. The molecular weight excluding hydrogens is 320 g/mol. The highest BCUT2D eigenvalue weighted by Gasteiger charge is 2.17. The van der Waals surface area contributed by atoms with Crippen LogP contribution in [0.4, 0.5) is 0 Å². The van der Waals surface area contributed by atoms with Gasteiger partial charge in [0.2, 0.25) is 5.89 Å². The monoisotopic (exact) mass is 344 g/mol. The molecule has 0 bridgehead atoms. The molecule has 0 radical (unpaired) electrons. The number of nitrogens with one attached hydrogen (secondary N) is 1. The van der Waals surface area contributed by atoms with Gasteiger partial charge in [-0.05, 0) is 31.9 Å². The average molecular weight is 344 g/mol. The first-order chi connectivity index (χ1) is 12.1. The number of aromatic nitrogens is 1. The van der Waals surface area contributed by atoms with E-state index < -0.39 is 5.97 Å². The number of hydrogen-bond donors (Lipinski definition) is 2. The van der Waals surface area contributed by atoms with Crippen LogP contribution in [0.3, 0.4) is 0 Å². The van der Waals surface area contributed by atoms with Gasteiger partial charge in [-0.2, -0.15) is 0 Å². The van der Waals surface area contributed by atoms with E-state index in [-0.39, 0.29) is 12.3 Å². The van der Waals surface area contributed by atoms with E-state index in [2.05, 4.69) is 10.3 Å². The molecule has 0 unspecified atom stereocenters. The number of aliphatic carboxylic acids is 1. The molecule has 1 aromatic carbocycles. The Bertz CT molecular complexity index is 695. The molecule has 2 aromatic rings. The minimum atomic E-state index is -0.745. The van der Waals surface area contributed by atoms with E-state index in [9.17, 15) is 9.59 Å². The third-order valence-corrected chi connectivity index (χ3v) is 3.89. The van der Waals surface area contributed by atoms with Gasteiger partial charge in [-0.15, -0.1) is 0 Å². The number of carbonyl (C=O) groups excluding carboxylic acids is 1. The lowest BCUT2D eigenvalue weighted by Gasteiger charge is -2.03. The Hall–Kier alpha value is -2.63. The number of unbranched alkanes of at least 4 members (excludes halogenated alkanes) is 4. The number of carboxylic acids is 1. The molecule has 0 atom stereocenters. The van der Waals surface area contributed by atoms with Gasteiger partial charge in [-0.3, -0.25) is 9.59 Å². The number of rotatable bonds is 10. The van der Waals surface area contributed by atoms with Gasteiger partial charge in [0.15, 0.2) is 5.69 Å². The topological polar surface area (TPSA) is 92.4 Å². The molecule has 1 heterocycles. The molecule has 134 valence electrons. The van der Waals surface area contributed by atoms with Gasteiger partial charge in [0, 0.05) is 18.5 Å². The summed E-state index contributed by atoms with van der Waals surface area (Å²) < 4.78 is 5.59. The van der Waals surface area contributed by atoms with Gasteiger partial charge in [-0.1, -0.05) is 37.5 Å². The second kappa shape index (κ2) is 9.61. The third-order valence-electron chi connectivity index (χ3n) is 3.89. The number of nitrogens with zero attached hydrogens (tertiary/aromatic N) is 1. The SMILES string of the molecule is Cc1oc(-c2ccccc2)nc1C(=O)NCCCCCCCC(=O)O. The van der Waals surface area contributed by atoms with Gasteiger partial charge < -0.3 is 14.8 Å². The zero-order valence-electron chi connectivity index (χ0n) is 14.5. The van der Waals surface area contributed by atoms with Crippen molar-refractivity contribution in [2.45, 2.75) is 45.4 Å². The van der Waals surface area contributed by atoms with Crippen molar-refractivity contribution in [2.75, 3.05) is 6.54 Å². The highest BCUT2D eigenvalue weighted by Crippen LogP contribution is 2.21. The second-order valence-corrected chi connectivity index (χ2v) is 5.96. The largest absolute Gasteiger partial charge is 0.481 e. The van der Waals surface area contributed by atoms with Crippen molar-refractivity contribution < 1.29 is 19.1 Å². The molecule has 0 saturated carbocycles. The van der Waals surface area contributed by atoms with Crippen LogP contribution in [0.1, 0.15) is 54.8 Å². The van der Waals surface area contributed by atoms with E-state index >= 15 is 0 Å². The Kier molecular flexibility index (Phi) is 7.19. The molecule has 2 rings (SSSR count). The van der Waals surface area contributed by atoms with E-state index in [1.165, 1.54) is 0 Å². The van der Waals surface area contributed by atoms with Crippen LogP contribution in [0.15, 0.2) is 34.7 Å². The van der Waals surface area contributed by atoms with Crippen LogP contribution in [0, 0.1) is 6.92 Å². The van der Waals surface area contributed by atoms with Crippen LogP contribution in [0.2, 0.25) is 0 Å². The van der Waals surface area contributed by atoms with Crippen molar-refractivity contribution in [3.05, 3.63) is 41.8 Å². The van der Waals surface area contributed by atoms with Crippen LogP contribution >= 0.6 is 0 Å². The highest BCUT2D eigenvalue weighted by atomic mass is 16.4. The minimum Gasteiger partial charge on any atom is -0.481 e. The third kappa shape index (κ3) is 6.06. The first-order valence-corrected chi connectivity index (χ1v) is 8.61. The number of benzene rings is 1. The number of amides is 1. The lowest BCUT2D eigenvalue weighted by Crippen LogP contribution is -2.25.